The quantitative estimate of drug-likeness (QED) is 0.563. The summed E-state index contributed by atoms with van der Waals surface area (Å²) < 4.78 is 0. The maximum Gasteiger partial charge on any atom is 0.0964 e. The van der Waals surface area contributed by atoms with Gasteiger partial charge >= 0.3 is 0 Å². The Morgan fingerprint density at radius 3 is 2.67 bits per heavy atom. The van der Waals surface area contributed by atoms with E-state index in [1.54, 1.807) is 13.1 Å². The molecule has 0 spiro atoms. The van der Waals surface area contributed by atoms with Crippen LogP contribution in [0.25, 0.3) is 6.08 Å². The second kappa shape index (κ2) is 3.67. The zero-order valence-electron chi connectivity index (χ0n) is 7.04. The molecule has 0 heterocycles. The zero-order valence-corrected chi connectivity index (χ0v) is 7.04. The van der Waals surface area contributed by atoms with Crippen molar-refractivity contribution in [1.29, 1.82) is 0 Å². The predicted molar refractivity (Wildman–Crippen MR) is 52.1 cm³/mol. The summed E-state index contributed by atoms with van der Waals surface area (Å²) in [5, 5.41) is 2.82. The van der Waals surface area contributed by atoms with Gasteiger partial charge in [-0.15, -0.1) is 0 Å². The van der Waals surface area contributed by atoms with Crippen LogP contribution in [0.3, 0.4) is 0 Å². The molecule has 0 aromatic heterocycles. The van der Waals surface area contributed by atoms with Crippen LogP contribution in [0, 0.1) is 0 Å². The highest BCUT2D eigenvalue weighted by Crippen LogP contribution is 2.12. The predicted octanol–water partition coefficient (Wildman–Crippen LogP) is 0.745. The van der Waals surface area contributed by atoms with E-state index in [1.807, 2.05) is 24.3 Å². The van der Waals surface area contributed by atoms with Gasteiger partial charge in [0, 0.05) is 18.3 Å². The van der Waals surface area contributed by atoms with Crippen LogP contribution >= 0.6 is 0 Å². The third-order valence-corrected chi connectivity index (χ3v) is 1.60. The third-order valence-electron chi connectivity index (χ3n) is 1.60. The summed E-state index contributed by atoms with van der Waals surface area (Å²) in [5.74, 6) is 0.605. The number of para-hydroxylation sites is 1. The topological polar surface area (TPSA) is 64.1 Å². The Balaban J connectivity index is 2.96. The average molecular weight is 163 g/mol. The first-order valence-corrected chi connectivity index (χ1v) is 3.73. The summed E-state index contributed by atoms with van der Waals surface area (Å²) in [4.78, 5) is 0. The number of anilines is 1. The van der Waals surface area contributed by atoms with E-state index in [0.717, 1.165) is 11.3 Å². The van der Waals surface area contributed by atoms with Crippen molar-refractivity contribution in [2.24, 2.45) is 5.73 Å². The van der Waals surface area contributed by atoms with Gasteiger partial charge in [0.2, 0.25) is 0 Å². The lowest BCUT2D eigenvalue weighted by Gasteiger charge is -2.01. The molecule has 3 heteroatoms. The molecular formula is C9H13N3. The molecule has 0 saturated carbocycles. The van der Waals surface area contributed by atoms with Gasteiger partial charge in [-0.3, -0.25) is 0 Å². The molecule has 12 heavy (non-hydrogen) atoms. The highest BCUT2D eigenvalue weighted by molar-refractivity contribution is 5.65. The summed E-state index contributed by atoms with van der Waals surface area (Å²) in [6.07, 6.45) is 1.80. The first-order valence-electron chi connectivity index (χ1n) is 3.73. The minimum atomic E-state index is 0.605. The number of nitrogens with one attached hydrogen (secondary N) is 1. The van der Waals surface area contributed by atoms with E-state index in [9.17, 15) is 0 Å². The lowest BCUT2D eigenvalue weighted by Crippen LogP contribution is -2.14. The molecule has 0 amide bonds. The summed E-state index contributed by atoms with van der Waals surface area (Å²) in [6, 6.07) is 7.57. The Morgan fingerprint density at radius 1 is 1.42 bits per heavy atom. The summed E-state index contributed by atoms with van der Waals surface area (Å²) in [7, 11) is 1.77. The molecule has 0 bridgehead atoms. The van der Waals surface area contributed by atoms with Gasteiger partial charge in [-0.05, 0) is 12.1 Å². The Hall–Kier alpha value is -1.64. The van der Waals surface area contributed by atoms with Gasteiger partial charge in [0.15, 0.2) is 0 Å². The zero-order chi connectivity index (χ0) is 8.97. The molecule has 5 N–H and O–H groups in total. The van der Waals surface area contributed by atoms with Crippen LogP contribution in [-0.2, 0) is 0 Å². The van der Waals surface area contributed by atoms with E-state index < -0.39 is 0 Å². The van der Waals surface area contributed by atoms with Gasteiger partial charge in [0.05, 0.1) is 5.82 Å². The monoisotopic (exact) mass is 163 g/mol. The fraction of sp³-hybridized carbons (Fsp3) is 0.111. The SMILES string of the molecule is CN/C(N)=C/c1ccccc1N. The van der Waals surface area contributed by atoms with Crippen LogP contribution in [0.2, 0.25) is 0 Å². The van der Waals surface area contributed by atoms with E-state index in [1.165, 1.54) is 0 Å². The van der Waals surface area contributed by atoms with Crippen LogP contribution < -0.4 is 16.8 Å². The molecule has 1 rings (SSSR count). The number of hydrogen-bond donors (Lipinski definition) is 3. The molecule has 0 radical (unpaired) electrons. The Labute approximate surface area is 72.1 Å². The maximum atomic E-state index is 5.70. The molecule has 3 nitrogen and oxygen atoms in total. The first-order chi connectivity index (χ1) is 5.74. The van der Waals surface area contributed by atoms with E-state index >= 15 is 0 Å². The van der Waals surface area contributed by atoms with Crippen LogP contribution in [0.1, 0.15) is 5.56 Å². The average Bonchev–Trinajstić information content (AvgIpc) is 2.09. The van der Waals surface area contributed by atoms with Crippen molar-refractivity contribution < 1.29 is 0 Å². The Kier molecular flexibility index (Phi) is 2.58. The van der Waals surface area contributed by atoms with Crippen LogP contribution in [0.15, 0.2) is 30.1 Å². The van der Waals surface area contributed by atoms with Crippen molar-refractivity contribution >= 4 is 11.8 Å². The van der Waals surface area contributed by atoms with Gasteiger partial charge in [0.25, 0.3) is 0 Å². The molecule has 0 aliphatic carbocycles. The smallest absolute Gasteiger partial charge is 0.0964 e. The second-order valence-electron chi connectivity index (χ2n) is 2.48. The summed E-state index contributed by atoms with van der Waals surface area (Å²) >= 11 is 0. The van der Waals surface area contributed by atoms with E-state index in [2.05, 4.69) is 5.32 Å². The largest absolute Gasteiger partial charge is 0.398 e. The van der Waals surface area contributed by atoms with Gasteiger partial charge in [-0.1, -0.05) is 18.2 Å². The van der Waals surface area contributed by atoms with Crippen molar-refractivity contribution in [3.8, 4) is 0 Å². The molecule has 1 aromatic rings. The normalized spacial score (nSPS) is 11.2. The molecule has 0 aliphatic heterocycles. The molecule has 1 aromatic carbocycles. The maximum absolute atomic E-state index is 5.70. The number of benzene rings is 1. The first kappa shape index (κ1) is 8.46. The number of rotatable bonds is 2. The van der Waals surface area contributed by atoms with Crippen LogP contribution in [-0.4, -0.2) is 7.05 Å². The molecule has 0 unspecified atom stereocenters. The van der Waals surface area contributed by atoms with E-state index in [-0.39, 0.29) is 0 Å². The highest BCUT2D eigenvalue weighted by Gasteiger charge is 1.93. The van der Waals surface area contributed by atoms with E-state index in [4.69, 9.17) is 11.5 Å². The molecule has 0 atom stereocenters. The van der Waals surface area contributed by atoms with Crippen molar-refractivity contribution in [2.75, 3.05) is 12.8 Å². The summed E-state index contributed by atoms with van der Waals surface area (Å²) in [6.45, 7) is 0. The van der Waals surface area contributed by atoms with Gasteiger partial charge in [-0.25, -0.2) is 0 Å². The third kappa shape index (κ3) is 1.92. The number of nitrogens with two attached hydrogens (primary N) is 2. The van der Waals surface area contributed by atoms with Gasteiger partial charge in [0.1, 0.15) is 0 Å². The lowest BCUT2D eigenvalue weighted by atomic mass is 10.2. The number of hydrogen-bond acceptors (Lipinski definition) is 3. The fourth-order valence-corrected chi connectivity index (χ4v) is 0.882. The van der Waals surface area contributed by atoms with Gasteiger partial charge in [-0.2, -0.15) is 0 Å². The summed E-state index contributed by atoms with van der Waals surface area (Å²) in [5.41, 5.74) is 12.9. The minimum Gasteiger partial charge on any atom is -0.398 e. The van der Waals surface area contributed by atoms with Gasteiger partial charge < -0.3 is 16.8 Å². The minimum absolute atomic E-state index is 0.605. The van der Waals surface area contributed by atoms with Crippen molar-refractivity contribution in [1.82, 2.24) is 5.32 Å². The fourth-order valence-electron chi connectivity index (χ4n) is 0.882. The molecule has 64 valence electrons. The van der Waals surface area contributed by atoms with Crippen molar-refractivity contribution in [2.45, 2.75) is 0 Å². The van der Waals surface area contributed by atoms with Crippen LogP contribution in [0.5, 0.6) is 0 Å². The lowest BCUT2D eigenvalue weighted by molar-refractivity contribution is 0.978. The Morgan fingerprint density at radius 2 is 2.08 bits per heavy atom. The molecule has 0 fully saturated rings. The van der Waals surface area contributed by atoms with Crippen molar-refractivity contribution in [3.63, 3.8) is 0 Å². The molecule has 0 saturated heterocycles. The number of nitrogen functional groups attached to an aromatic ring is 1. The molecule has 0 aliphatic rings. The van der Waals surface area contributed by atoms with E-state index in [0.29, 0.717) is 5.82 Å². The van der Waals surface area contributed by atoms with Crippen LogP contribution in [0.4, 0.5) is 5.69 Å². The second-order valence-corrected chi connectivity index (χ2v) is 2.48. The highest BCUT2D eigenvalue weighted by atomic mass is 14.9. The standard InChI is InChI=1S/C9H13N3/c1-12-9(11)6-7-4-2-3-5-8(7)10/h2-6,12H,10-11H2,1H3/b9-6+. The van der Waals surface area contributed by atoms with Crippen molar-refractivity contribution in [3.05, 3.63) is 35.6 Å². The Bertz CT molecular complexity index is 292. The molecular weight excluding hydrogens is 150 g/mol.